The summed E-state index contributed by atoms with van der Waals surface area (Å²) in [5.41, 5.74) is -0.482. The van der Waals surface area contributed by atoms with Crippen molar-refractivity contribution < 1.29 is 14.3 Å². The van der Waals surface area contributed by atoms with Crippen LogP contribution < -0.4 is 0 Å². The first-order valence-electron chi connectivity index (χ1n) is 5.91. The molecule has 0 aromatic heterocycles. The van der Waals surface area contributed by atoms with Gasteiger partial charge in [0.05, 0.1) is 5.33 Å². The van der Waals surface area contributed by atoms with Crippen LogP contribution in [0.15, 0.2) is 0 Å². The van der Waals surface area contributed by atoms with E-state index < -0.39 is 5.60 Å². The van der Waals surface area contributed by atoms with E-state index in [0.717, 1.165) is 12.8 Å². The molecule has 0 aliphatic carbocycles. The molecule has 0 bridgehead atoms. The predicted molar refractivity (Wildman–Crippen MR) is 69.4 cm³/mol. The van der Waals surface area contributed by atoms with Crippen LogP contribution in [0.2, 0.25) is 0 Å². The zero-order chi connectivity index (χ0) is 13.1. The number of hydrogen-bond donors (Lipinski definition) is 0. The van der Waals surface area contributed by atoms with E-state index in [1.165, 1.54) is 0 Å². The number of carbonyl (C=O) groups is 2. The molecule has 0 aromatic carbocycles. The van der Waals surface area contributed by atoms with Gasteiger partial charge in [-0.25, -0.2) is 4.79 Å². The number of Topliss-reactive ketones (excluding diaryl/α,β-unsaturated/α-hetero) is 1. The molecule has 1 aliphatic rings. The third-order valence-electron chi connectivity index (χ3n) is 2.62. The average Bonchev–Trinajstić information content (AvgIpc) is 2.63. The van der Waals surface area contributed by atoms with E-state index in [4.69, 9.17) is 4.74 Å². The first-order chi connectivity index (χ1) is 7.83. The molecule has 1 heterocycles. The highest BCUT2D eigenvalue weighted by Crippen LogP contribution is 2.23. The summed E-state index contributed by atoms with van der Waals surface area (Å²) in [5.74, 6) is 0.130. The topological polar surface area (TPSA) is 46.6 Å². The lowest BCUT2D eigenvalue weighted by Crippen LogP contribution is -2.40. The van der Waals surface area contributed by atoms with Gasteiger partial charge in [-0.3, -0.25) is 4.79 Å². The van der Waals surface area contributed by atoms with Gasteiger partial charge in [-0.2, -0.15) is 0 Å². The number of likely N-dealkylation sites (tertiary alicyclic amines) is 1. The molecule has 5 heteroatoms. The first-order valence-corrected chi connectivity index (χ1v) is 7.03. The van der Waals surface area contributed by atoms with Gasteiger partial charge in [0, 0.05) is 19.0 Å². The van der Waals surface area contributed by atoms with Gasteiger partial charge in [0.25, 0.3) is 0 Å². The minimum Gasteiger partial charge on any atom is -0.444 e. The molecule has 1 atom stereocenters. The van der Waals surface area contributed by atoms with Crippen LogP contribution in [0.3, 0.4) is 0 Å². The van der Waals surface area contributed by atoms with Crippen molar-refractivity contribution in [1.82, 2.24) is 4.90 Å². The van der Waals surface area contributed by atoms with Crippen molar-refractivity contribution >= 4 is 27.8 Å². The van der Waals surface area contributed by atoms with Crippen molar-refractivity contribution in [3.05, 3.63) is 0 Å². The number of amides is 1. The van der Waals surface area contributed by atoms with Gasteiger partial charge in [0.1, 0.15) is 11.4 Å². The largest absolute Gasteiger partial charge is 0.444 e. The Labute approximate surface area is 111 Å². The fourth-order valence-corrected chi connectivity index (χ4v) is 2.16. The van der Waals surface area contributed by atoms with Gasteiger partial charge >= 0.3 is 6.09 Å². The van der Waals surface area contributed by atoms with Crippen LogP contribution in [0.4, 0.5) is 4.79 Å². The number of hydrogen-bond acceptors (Lipinski definition) is 3. The van der Waals surface area contributed by atoms with Crippen LogP contribution in [0.1, 0.15) is 40.0 Å². The molecule has 0 spiro atoms. The van der Waals surface area contributed by atoms with Crippen LogP contribution >= 0.6 is 15.9 Å². The number of ether oxygens (including phenoxy) is 1. The Balaban J connectivity index is 2.57. The maximum atomic E-state index is 11.9. The summed E-state index contributed by atoms with van der Waals surface area (Å²) in [5, 5.41) is 0.353. The fourth-order valence-electron chi connectivity index (χ4n) is 1.93. The smallest absolute Gasteiger partial charge is 0.410 e. The molecule has 1 rings (SSSR count). The van der Waals surface area contributed by atoms with E-state index in [1.807, 2.05) is 20.8 Å². The Morgan fingerprint density at radius 1 is 1.41 bits per heavy atom. The third-order valence-corrected chi connectivity index (χ3v) is 3.24. The molecule has 1 amide bonds. The molecule has 17 heavy (non-hydrogen) atoms. The lowest BCUT2D eigenvalue weighted by molar-refractivity contribution is -0.117. The zero-order valence-electron chi connectivity index (χ0n) is 10.7. The molecular weight excluding hydrogens is 286 g/mol. The summed E-state index contributed by atoms with van der Waals surface area (Å²) in [6, 6.07) is 0.00917. The van der Waals surface area contributed by atoms with E-state index in [-0.39, 0.29) is 17.9 Å². The molecule has 0 N–H and O–H groups in total. The lowest BCUT2D eigenvalue weighted by atomic mass is 10.1. The number of nitrogens with zero attached hydrogens (tertiary/aromatic N) is 1. The van der Waals surface area contributed by atoms with Crippen molar-refractivity contribution in [2.75, 3.05) is 11.9 Å². The Morgan fingerprint density at radius 3 is 2.59 bits per heavy atom. The summed E-state index contributed by atoms with van der Waals surface area (Å²) in [7, 11) is 0. The quantitative estimate of drug-likeness (QED) is 0.753. The second-order valence-electron chi connectivity index (χ2n) is 5.35. The molecular formula is C12H20BrNO3. The van der Waals surface area contributed by atoms with Gasteiger partial charge in [-0.1, -0.05) is 15.9 Å². The summed E-state index contributed by atoms with van der Waals surface area (Å²) < 4.78 is 5.33. The Kier molecular flexibility index (Phi) is 4.98. The molecule has 1 aliphatic heterocycles. The highest BCUT2D eigenvalue weighted by Gasteiger charge is 2.32. The van der Waals surface area contributed by atoms with E-state index >= 15 is 0 Å². The lowest BCUT2D eigenvalue weighted by Gasteiger charge is -2.28. The van der Waals surface area contributed by atoms with Gasteiger partial charge in [-0.15, -0.1) is 0 Å². The van der Waals surface area contributed by atoms with Gasteiger partial charge in [-0.05, 0) is 33.6 Å². The number of ketones is 1. The molecule has 4 nitrogen and oxygen atoms in total. The molecule has 98 valence electrons. The van der Waals surface area contributed by atoms with Crippen LogP contribution in [0, 0.1) is 0 Å². The van der Waals surface area contributed by atoms with Gasteiger partial charge in [0.2, 0.25) is 0 Å². The highest BCUT2D eigenvalue weighted by molar-refractivity contribution is 9.09. The Morgan fingerprint density at radius 2 is 2.06 bits per heavy atom. The standard InChI is InChI=1S/C12H20BrNO3/c1-12(2,3)17-11(16)14-6-4-5-9(14)7-10(15)8-13/h9H,4-8H2,1-3H3. The first kappa shape index (κ1) is 14.5. The van der Waals surface area contributed by atoms with E-state index in [1.54, 1.807) is 4.90 Å². The summed E-state index contributed by atoms with van der Waals surface area (Å²) in [4.78, 5) is 25.0. The minimum atomic E-state index is -0.482. The van der Waals surface area contributed by atoms with Crippen molar-refractivity contribution in [1.29, 1.82) is 0 Å². The minimum absolute atomic E-state index is 0.00917. The fraction of sp³-hybridized carbons (Fsp3) is 0.833. The second-order valence-corrected chi connectivity index (χ2v) is 5.91. The SMILES string of the molecule is CC(C)(C)OC(=O)N1CCCC1CC(=O)CBr. The van der Waals surface area contributed by atoms with Crippen molar-refractivity contribution in [2.45, 2.75) is 51.7 Å². The van der Waals surface area contributed by atoms with Crippen LogP contribution in [0.5, 0.6) is 0 Å². The summed E-state index contributed by atoms with van der Waals surface area (Å²) in [6.07, 6.45) is 1.95. The monoisotopic (exact) mass is 305 g/mol. The number of rotatable bonds is 3. The van der Waals surface area contributed by atoms with E-state index in [9.17, 15) is 9.59 Å². The molecule has 0 saturated carbocycles. The van der Waals surface area contributed by atoms with Crippen LogP contribution in [-0.4, -0.2) is 40.3 Å². The Hall–Kier alpha value is -0.580. The Bertz CT molecular complexity index is 299. The molecule has 0 aromatic rings. The van der Waals surface area contributed by atoms with E-state index in [2.05, 4.69) is 15.9 Å². The normalized spacial score (nSPS) is 20.5. The highest BCUT2D eigenvalue weighted by atomic mass is 79.9. The second kappa shape index (κ2) is 5.85. The maximum Gasteiger partial charge on any atom is 0.410 e. The number of alkyl halides is 1. The molecule has 1 saturated heterocycles. The molecule has 1 fully saturated rings. The average molecular weight is 306 g/mol. The van der Waals surface area contributed by atoms with Gasteiger partial charge < -0.3 is 9.64 Å². The summed E-state index contributed by atoms with van der Waals surface area (Å²) >= 11 is 3.14. The summed E-state index contributed by atoms with van der Waals surface area (Å²) in [6.45, 7) is 6.23. The molecule has 1 unspecified atom stereocenters. The van der Waals surface area contributed by atoms with Gasteiger partial charge in [0.15, 0.2) is 0 Å². The number of halogens is 1. The zero-order valence-corrected chi connectivity index (χ0v) is 12.2. The van der Waals surface area contributed by atoms with Crippen LogP contribution in [0.25, 0.3) is 0 Å². The third kappa shape index (κ3) is 4.66. The molecule has 0 radical (unpaired) electrons. The predicted octanol–water partition coefficient (Wildman–Crippen LogP) is 2.74. The van der Waals surface area contributed by atoms with Crippen molar-refractivity contribution in [3.8, 4) is 0 Å². The van der Waals surface area contributed by atoms with E-state index in [0.29, 0.717) is 18.3 Å². The van der Waals surface area contributed by atoms with Crippen molar-refractivity contribution in [2.24, 2.45) is 0 Å². The maximum absolute atomic E-state index is 11.9. The van der Waals surface area contributed by atoms with Crippen molar-refractivity contribution in [3.63, 3.8) is 0 Å². The van der Waals surface area contributed by atoms with Crippen LogP contribution in [-0.2, 0) is 9.53 Å². The number of carbonyl (C=O) groups excluding carboxylic acids is 2.